The largest absolute Gasteiger partial charge is 0.467 e. The van der Waals surface area contributed by atoms with Gasteiger partial charge in [-0.05, 0) is 18.2 Å². The number of hydrogen-bond donors (Lipinski definition) is 1. The van der Waals surface area contributed by atoms with Crippen molar-refractivity contribution in [2.75, 3.05) is 6.79 Å². The monoisotopic (exact) mass is 262 g/mol. The summed E-state index contributed by atoms with van der Waals surface area (Å²) in [6, 6.07) is 3.03. The van der Waals surface area contributed by atoms with Gasteiger partial charge >= 0.3 is 6.18 Å². The first-order chi connectivity index (χ1) is 8.27. The zero-order chi connectivity index (χ0) is 13.9. The van der Waals surface area contributed by atoms with Crippen molar-refractivity contribution in [1.29, 1.82) is 0 Å². The van der Waals surface area contributed by atoms with E-state index in [0.29, 0.717) is 0 Å². The van der Waals surface area contributed by atoms with Gasteiger partial charge in [-0.1, -0.05) is 13.8 Å². The molecule has 0 aliphatic rings. The van der Waals surface area contributed by atoms with Crippen molar-refractivity contribution in [1.82, 2.24) is 0 Å². The first-order valence-electron chi connectivity index (χ1n) is 5.26. The number of rotatable bonds is 4. The van der Waals surface area contributed by atoms with Crippen LogP contribution in [0.5, 0.6) is 5.75 Å². The first kappa shape index (κ1) is 14.5. The van der Waals surface area contributed by atoms with Gasteiger partial charge in [-0.15, -0.1) is 0 Å². The summed E-state index contributed by atoms with van der Waals surface area (Å²) < 4.78 is 42.7. The zero-order valence-electron chi connectivity index (χ0n) is 9.91. The molecular weight excluding hydrogens is 249 g/mol. The Bertz CT molecular complexity index is 439. The molecule has 0 saturated carbocycles. The van der Waals surface area contributed by atoms with Gasteiger partial charge in [0.05, 0.1) is 5.56 Å². The van der Waals surface area contributed by atoms with Crippen LogP contribution in [0.4, 0.5) is 13.2 Å². The predicted molar refractivity (Wildman–Crippen MR) is 58.3 cm³/mol. The molecule has 1 aromatic carbocycles. The van der Waals surface area contributed by atoms with E-state index in [2.05, 4.69) is 4.74 Å². The number of carbonyl (C=O) groups is 1. The Morgan fingerprint density at radius 3 is 2.44 bits per heavy atom. The Balaban J connectivity index is 3.26. The summed E-state index contributed by atoms with van der Waals surface area (Å²) in [4.78, 5) is 11.6. The Kier molecular flexibility index (Phi) is 4.34. The number of ether oxygens (including phenoxy) is 1. The second-order valence-corrected chi connectivity index (χ2v) is 4.00. The molecule has 0 atom stereocenters. The van der Waals surface area contributed by atoms with Crippen molar-refractivity contribution in [2.45, 2.75) is 20.0 Å². The van der Waals surface area contributed by atoms with Gasteiger partial charge in [-0.3, -0.25) is 4.79 Å². The van der Waals surface area contributed by atoms with Crippen LogP contribution < -0.4 is 4.74 Å². The summed E-state index contributed by atoms with van der Waals surface area (Å²) >= 11 is 0. The van der Waals surface area contributed by atoms with Crippen LogP contribution in [0.25, 0.3) is 0 Å². The lowest BCUT2D eigenvalue weighted by Crippen LogP contribution is -2.13. The fraction of sp³-hybridized carbons (Fsp3) is 0.417. The SMILES string of the molecule is CC(C)C(=O)c1ccc(OCO)c(C(F)(F)F)c1. The van der Waals surface area contributed by atoms with Crippen LogP contribution in [0.3, 0.4) is 0 Å². The minimum Gasteiger partial charge on any atom is -0.467 e. The van der Waals surface area contributed by atoms with Crippen LogP contribution in [0.1, 0.15) is 29.8 Å². The molecule has 0 unspecified atom stereocenters. The lowest BCUT2D eigenvalue weighted by atomic mass is 9.99. The molecule has 0 fully saturated rings. The molecule has 18 heavy (non-hydrogen) atoms. The van der Waals surface area contributed by atoms with E-state index < -0.39 is 30.2 Å². The fourth-order valence-electron chi connectivity index (χ4n) is 1.43. The molecule has 6 heteroatoms. The molecule has 0 spiro atoms. The van der Waals surface area contributed by atoms with E-state index in [4.69, 9.17) is 5.11 Å². The van der Waals surface area contributed by atoms with E-state index in [1.807, 2.05) is 0 Å². The Morgan fingerprint density at radius 2 is 2.00 bits per heavy atom. The molecule has 0 saturated heterocycles. The lowest BCUT2D eigenvalue weighted by Gasteiger charge is -2.14. The van der Waals surface area contributed by atoms with E-state index >= 15 is 0 Å². The second kappa shape index (κ2) is 5.39. The summed E-state index contributed by atoms with van der Waals surface area (Å²) in [6.45, 7) is 2.35. The molecule has 0 bridgehead atoms. The number of halogens is 3. The van der Waals surface area contributed by atoms with Crippen LogP contribution in [0.2, 0.25) is 0 Å². The number of hydrogen-bond acceptors (Lipinski definition) is 3. The van der Waals surface area contributed by atoms with Gasteiger partial charge < -0.3 is 9.84 Å². The van der Waals surface area contributed by atoms with Crippen LogP contribution in [0, 0.1) is 5.92 Å². The quantitative estimate of drug-likeness (QED) is 0.670. The van der Waals surface area contributed by atoms with Gasteiger partial charge in [0.2, 0.25) is 0 Å². The maximum atomic E-state index is 12.7. The predicted octanol–water partition coefficient (Wildman–Crippen LogP) is 2.87. The lowest BCUT2D eigenvalue weighted by molar-refractivity contribution is -0.139. The van der Waals surface area contributed by atoms with Gasteiger partial charge in [0, 0.05) is 11.5 Å². The Labute approximate surface area is 102 Å². The molecular formula is C12H13F3O3. The molecule has 0 aliphatic carbocycles. The molecule has 1 rings (SSSR count). The number of benzene rings is 1. The van der Waals surface area contributed by atoms with Crippen LogP contribution in [0.15, 0.2) is 18.2 Å². The molecule has 3 nitrogen and oxygen atoms in total. The highest BCUT2D eigenvalue weighted by Gasteiger charge is 2.35. The summed E-state index contributed by atoms with van der Waals surface area (Å²) in [6.07, 6.45) is -4.64. The normalized spacial score (nSPS) is 11.7. The highest BCUT2D eigenvalue weighted by molar-refractivity contribution is 5.97. The fourth-order valence-corrected chi connectivity index (χ4v) is 1.43. The third-order valence-electron chi connectivity index (χ3n) is 2.31. The summed E-state index contributed by atoms with van der Waals surface area (Å²) in [5.74, 6) is -1.27. The minimum absolute atomic E-state index is 0.0254. The molecule has 1 N–H and O–H groups in total. The highest BCUT2D eigenvalue weighted by Crippen LogP contribution is 2.37. The van der Waals surface area contributed by atoms with Crippen molar-refractivity contribution in [2.24, 2.45) is 5.92 Å². The van der Waals surface area contributed by atoms with E-state index in [0.717, 1.165) is 12.1 Å². The van der Waals surface area contributed by atoms with Gasteiger partial charge in [-0.25, -0.2) is 0 Å². The van der Waals surface area contributed by atoms with E-state index in [-0.39, 0.29) is 11.3 Å². The molecule has 0 aliphatic heterocycles. The number of ketones is 1. The van der Waals surface area contributed by atoms with E-state index in [9.17, 15) is 18.0 Å². The first-order valence-corrected chi connectivity index (χ1v) is 5.26. The van der Waals surface area contributed by atoms with E-state index in [1.54, 1.807) is 13.8 Å². The minimum atomic E-state index is -4.64. The average molecular weight is 262 g/mol. The topological polar surface area (TPSA) is 46.5 Å². The number of alkyl halides is 3. The summed E-state index contributed by atoms with van der Waals surface area (Å²) in [5.41, 5.74) is -1.09. The van der Waals surface area contributed by atoms with Gasteiger partial charge in [-0.2, -0.15) is 13.2 Å². The van der Waals surface area contributed by atoms with Crippen LogP contribution >= 0.6 is 0 Å². The van der Waals surface area contributed by atoms with Gasteiger partial charge in [0.15, 0.2) is 12.6 Å². The smallest absolute Gasteiger partial charge is 0.419 e. The maximum Gasteiger partial charge on any atom is 0.419 e. The van der Waals surface area contributed by atoms with E-state index in [1.165, 1.54) is 6.07 Å². The van der Waals surface area contributed by atoms with Crippen LogP contribution in [-0.4, -0.2) is 17.7 Å². The standard InChI is InChI=1S/C12H13F3O3/c1-7(2)11(17)8-3-4-10(18-6-16)9(5-8)12(13,14)15/h3-5,7,16H,6H2,1-2H3. The number of aliphatic hydroxyl groups excluding tert-OH is 1. The molecule has 0 aromatic heterocycles. The van der Waals surface area contributed by atoms with Crippen molar-refractivity contribution in [3.05, 3.63) is 29.3 Å². The zero-order valence-corrected chi connectivity index (χ0v) is 9.91. The molecule has 100 valence electrons. The van der Waals surface area contributed by atoms with Crippen LogP contribution in [-0.2, 0) is 6.18 Å². The highest BCUT2D eigenvalue weighted by atomic mass is 19.4. The number of aliphatic hydroxyl groups is 1. The van der Waals surface area contributed by atoms with Crippen molar-refractivity contribution in [3.63, 3.8) is 0 Å². The third kappa shape index (κ3) is 3.22. The van der Waals surface area contributed by atoms with Crippen molar-refractivity contribution in [3.8, 4) is 5.75 Å². The van der Waals surface area contributed by atoms with Crippen molar-refractivity contribution < 1.29 is 27.8 Å². The third-order valence-corrected chi connectivity index (χ3v) is 2.31. The molecule has 1 aromatic rings. The molecule has 0 radical (unpaired) electrons. The molecule has 0 amide bonds. The maximum absolute atomic E-state index is 12.7. The molecule has 0 heterocycles. The summed E-state index contributed by atoms with van der Waals surface area (Å²) in [7, 11) is 0. The second-order valence-electron chi connectivity index (χ2n) is 4.00. The van der Waals surface area contributed by atoms with Crippen molar-refractivity contribution >= 4 is 5.78 Å². The summed E-state index contributed by atoms with van der Waals surface area (Å²) in [5, 5.41) is 8.52. The Hall–Kier alpha value is -1.56. The van der Waals surface area contributed by atoms with Gasteiger partial charge in [0.1, 0.15) is 5.75 Å². The van der Waals surface area contributed by atoms with Gasteiger partial charge in [0.25, 0.3) is 0 Å². The number of carbonyl (C=O) groups excluding carboxylic acids is 1. The average Bonchev–Trinajstić information content (AvgIpc) is 2.27. The Morgan fingerprint density at radius 1 is 1.39 bits per heavy atom. The number of Topliss-reactive ketones (excluding diaryl/α,β-unsaturated/α-hetero) is 1.